The lowest BCUT2D eigenvalue weighted by molar-refractivity contribution is -0.140. The van der Waals surface area contributed by atoms with Crippen LogP contribution in [-0.4, -0.2) is 53.1 Å². The second-order valence-electron chi connectivity index (χ2n) is 8.93. The summed E-state index contributed by atoms with van der Waals surface area (Å²) in [5.74, 6) is -0.736. The molecule has 12 heteroatoms. The van der Waals surface area contributed by atoms with Gasteiger partial charge in [-0.15, -0.1) is 0 Å². The number of hydrogen-bond donors (Lipinski definition) is 3. The first-order valence-electron chi connectivity index (χ1n) is 11.7. The number of fused-ring (bicyclic) bond motifs is 4. The number of carbonyl (C=O) groups is 2. The fraction of sp³-hybridized carbons (Fsp3) is 0.346. The number of methoxy groups -OCH3 is 4. The van der Waals surface area contributed by atoms with Crippen molar-refractivity contribution in [1.82, 2.24) is 10.9 Å². The molecule has 2 aromatic rings. The summed E-state index contributed by atoms with van der Waals surface area (Å²) in [6.45, 7) is -0.333. The van der Waals surface area contributed by atoms with Crippen LogP contribution in [-0.2, 0) is 24.5 Å². The molecule has 3 aliphatic rings. The van der Waals surface area contributed by atoms with Crippen LogP contribution in [0.15, 0.2) is 47.9 Å². The minimum absolute atomic E-state index is 0.0356. The standard InChI is InChI=1S/C26H27N5O7/c1-34-17-9-13(10-18(35-2)22(17)37-4)21-20-24(30-29-21)38-23(28)15(11-27)26(20)14-7-5-6-8-16(14)31(25(26)33)12-19(32)36-3/h5-10,20-21,24,29-30H,12,28H2,1-4H3. The van der Waals surface area contributed by atoms with E-state index in [1.165, 1.54) is 33.3 Å². The minimum Gasteiger partial charge on any atom is -0.493 e. The fourth-order valence-electron chi connectivity index (χ4n) is 5.77. The van der Waals surface area contributed by atoms with Crippen molar-refractivity contribution in [2.24, 2.45) is 11.7 Å². The van der Waals surface area contributed by atoms with E-state index in [0.717, 1.165) is 0 Å². The van der Waals surface area contributed by atoms with Gasteiger partial charge in [-0.1, -0.05) is 18.2 Å². The first-order chi connectivity index (χ1) is 18.4. The summed E-state index contributed by atoms with van der Waals surface area (Å²) in [7, 11) is 5.77. The van der Waals surface area contributed by atoms with Crippen LogP contribution in [0.1, 0.15) is 17.2 Å². The Morgan fingerprint density at radius 3 is 2.42 bits per heavy atom. The van der Waals surface area contributed by atoms with Gasteiger partial charge in [0, 0.05) is 5.69 Å². The Labute approximate surface area is 218 Å². The number of esters is 1. The molecule has 12 nitrogen and oxygen atoms in total. The van der Waals surface area contributed by atoms with E-state index in [4.69, 9.17) is 29.4 Å². The number of hydrazine groups is 1. The number of carbonyl (C=O) groups excluding carboxylic acids is 2. The molecule has 0 aliphatic carbocycles. The molecular weight excluding hydrogens is 494 g/mol. The van der Waals surface area contributed by atoms with E-state index in [-0.39, 0.29) is 18.0 Å². The summed E-state index contributed by atoms with van der Waals surface area (Å²) in [6, 6.07) is 12.1. The number of nitrogens with one attached hydrogen (secondary N) is 2. The SMILES string of the molecule is COC(=O)CN1C(=O)C2(C(C#N)=C(N)OC3NNC(c4cc(OC)c(OC)c(OC)c4)C32)c2ccccc21. The van der Waals surface area contributed by atoms with Gasteiger partial charge in [0.25, 0.3) is 0 Å². The number of nitrogens with zero attached hydrogens (tertiary/aromatic N) is 2. The minimum atomic E-state index is -1.58. The summed E-state index contributed by atoms with van der Waals surface area (Å²) in [5.41, 5.74) is 12.6. The number of ether oxygens (including phenoxy) is 5. The lowest BCUT2D eigenvalue weighted by Gasteiger charge is -2.42. The van der Waals surface area contributed by atoms with Crippen molar-refractivity contribution < 1.29 is 33.3 Å². The maximum absolute atomic E-state index is 14.5. The van der Waals surface area contributed by atoms with Crippen molar-refractivity contribution in [3.05, 3.63) is 59.0 Å². The number of amides is 1. The number of anilines is 1. The number of rotatable bonds is 6. The lowest BCUT2D eigenvalue weighted by atomic mass is 9.61. The molecule has 3 aliphatic heterocycles. The van der Waals surface area contributed by atoms with Crippen LogP contribution in [0.25, 0.3) is 0 Å². The molecule has 198 valence electrons. The quantitative estimate of drug-likeness (QED) is 0.466. The fourth-order valence-corrected chi connectivity index (χ4v) is 5.77. The predicted molar refractivity (Wildman–Crippen MR) is 133 cm³/mol. The van der Waals surface area contributed by atoms with E-state index < -0.39 is 35.5 Å². The Hall–Kier alpha value is -4.47. The van der Waals surface area contributed by atoms with Gasteiger partial charge >= 0.3 is 5.97 Å². The monoisotopic (exact) mass is 521 g/mol. The molecular formula is C26H27N5O7. The zero-order chi connectivity index (χ0) is 27.2. The molecule has 4 unspecified atom stereocenters. The Kier molecular flexibility index (Phi) is 6.26. The topological polar surface area (TPSA) is 157 Å². The van der Waals surface area contributed by atoms with Crippen LogP contribution in [0.4, 0.5) is 5.69 Å². The van der Waals surface area contributed by atoms with Gasteiger partial charge in [0.05, 0.1) is 40.4 Å². The number of hydrogen-bond acceptors (Lipinski definition) is 11. The first-order valence-corrected chi connectivity index (χ1v) is 11.7. The van der Waals surface area contributed by atoms with Gasteiger partial charge in [0.2, 0.25) is 17.5 Å². The first kappa shape index (κ1) is 25.2. The zero-order valence-electron chi connectivity index (χ0n) is 21.2. The van der Waals surface area contributed by atoms with Gasteiger partial charge in [-0.3, -0.25) is 14.5 Å². The van der Waals surface area contributed by atoms with Gasteiger partial charge in [0.1, 0.15) is 23.6 Å². The maximum atomic E-state index is 14.5. The molecule has 0 aromatic heterocycles. The molecule has 4 atom stereocenters. The Bertz CT molecular complexity index is 1360. The van der Waals surface area contributed by atoms with Crippen molar-refractivity contribution in [3.63, 3.8) is 0 Å². The normalized spacial score (nSPS) is 25.4. The number of nitrogens with two attached hydrogens (primary N) is 1. The van der Waals surface area contributed by atoms with Gasteiger partial charge in [-0.05, 0) is 29.3 Å². The summed E-state index contributed by atoms with van der Waals surface area (Å²) >= 11 is 0. The smallest absolute Gasteiger partial charge is 0.325 e. The van der Waals surface area contributed by atoms with E-state index in [2.05, 4.69) is 16.9 Å². The third kappa shape index (κ3) is 3.36. The van der Waals surface area contributed by atoms with Gasteiger partial charge in [-0.25, -0.2) is 10.9 Å². The van der Waals surface area contributed by atoms with Gasteiger partial charge in [0.15, 0.2) is 17.7 Å². The Morgan fingerprint density at radius 2 is 1.82 bits per heavy atom. The number of benzene rings is 2. The van der Waals surface area contributed by atoms with E-state index >= 15 is 0 Å². The maximum Gasteiger partial charge on any atom is 0.325 e. The highest BCUT2D eigenvalue weighted by Crippen LogP contribution is 2.58. The largest absolute Gasteiger partial charge is 0.493 e. The van der Waals surface area contributed by atoms with Crippen LogP contribution in [0.3, 0.4) is 0 Å². The molecule has 38 heavy (non-hydrogen) atoms. The molecule has 2 aromatic carbocycles. The van der Waals surface area contributed by atoms with Crippen molar-refractivity contribution in [2.45, 2.75) is 17.7 Å². The van der Waals surface area contributed by atoms with Crippen LogP contribution >= 0.6 is 0 Å². The van der Waals surface area contributed by atoms with E-state index in [1.54, 1.807) is 36.4 Å². The molecule has 1 saturated heterocycles. The molecule has 3 heterocycles. The second-order valence-corrected chi connectivity index (χ2v) is 8.93. The third-order valence-corrected chi connectivity index (χ3v) is 7.34. The van der Waals surface area contributed by atoms with Crippen LogP contribution in [0, 0.1) is 17.2 Å². The predicted octanol–water partition coefficient (Wildman–Crippen LogP) is 0.985. The third-order valence-electron chi connectivity index (χ3n) is 7.34. The molecule has 5 rings (SSSR count). The second kappa shape index (κ2) is 9.44. The Morgan fingerprint density at radius 1 is 1.13 bits per heavy atom. The summed E-state index contributed by atoms with van der Waals surface area (Å²) in [5, 5.41) is 10.3. The summed E-state index contributed by atoms with van der Waals surface area (Å²) in [4.78, 5) is 28.1. The van der Waals surface area contributed by atoms with E-state index in [9.17, 15) is 14.9 Å². The van der Waals surface area contributed by atoms with Crippen molar-refractivity contribution >= 4 is 17.6 Å². The molecule has 4 N–H and O–H groups in total. The van der Waals surface area contributed by atoms with Gasteiger partial charge in [-0.2, -0.15) is 5.26 Å². The van der Waals surface area contributed by atoms with Crippen molar-refractivity contribution in [3.8, 4) is 23.3 Å². The molecule has 0 saturated carbocycles. The van der Waals surface area contributed by atoms with Crippen LogP contribution in [0.2, 0.25) is 0 Å². The highest BCUT2D eigenvalue weighted by molar-refractivity contribution is 6.13. The molecule has 0 radical (unpaired) electrons. The average Bonchev–Trinajstić information content (AvgIpc) is 3.46. The highest BCUT2D eigenvalue weighted by atomic mass is 16.5. The molecule has 1 fully saturated rings. The molecule has 0 bridgehead atoms. The zero-order valence-corrected chi connectivity index (χ0v) is 21.2. The lowest BCUT2D eigenvalue weighted by Crippen LogP contribution is -2.56. The molecule has 1 spiro atoms. The number of nitriles is 1. The van der Waals surface area contributed by atoms with Crippen LogP contribution in [0.5, 0.6) is 17.2 Å². The van der Waals surface area contributed by atoms with Crippen molar-refractivity contribution in [1.29, 1.82) is 5.26 Å². The molecule has 1 amide bonds. The summed E-state index contributed by atoms with van der Waals surface area (Å²) in [6.07, 6.45) is -0.800. The number of para-hydroxylation sites is 1. The Balaban J connectivity index is 1.75. The summed E-state index contributed by atoms with van der Waals surface area (Å²) < 4.78 is 27.3. The van der Waals surface area contributed by atoms with Crippen molar-refractivity contribution in [2.75, 3.05) is 39.9 Å². The highest BCUT2D eigenvalue weighted by Gasteiger charge is 2.67. The van der Waals surface area contributed by atoms with Gasteiger partial charge < -0.3 is 29.4 Å². The van der Waals surface area contributed by atoms with E-state index in [0.29, 0.717) is 34.1 Å². The van der Waals surface area contributed by atoms with E-state index in [1.807, 2.05) is 0 Å². The van der Waals surface area contributed by atoms with Crippen LogP contribution < -0.4 is 35.7 Å². The average molecular weight is 522 g/mol.